The highest BCUT2D eigenvalue weighted by Crippen LogP contribution is 2.24. The van der Waals surface area contributed by atoms with Crippen molar-refractivity contribution < 1.29 is 12.8 Å². The van der Waals surface area contributed by atoms with Crippen molar-refractivity contribution in [1.29, 1.82) is 0 Å². The van der Waals surface area contributed by atoms with Gasteiger partial charge in [-0.15, -0.1) is 0 Å². The molecule has 0 bridgehead atoms. The second kappa shape index (κ2) is 7.99. The zero-order valence-electron chi connectivity index (χ0n) is 14.5. The summed E-state index contributed by atoms with van der Waals surface area (Å²) in [7, 11) is -3.60. The van der Waals surface area contributed by atoms with Crippen molar-refractivity contribution in [3.05, 3.63) is 52.0 Å². The Morgan fingerprint density at radius 1 is 1.31 bits per heavy atom. The average molecular weight is 413 g/mol. The summed E-state index contributed by atoms with van der Waals surface area (Å²) in [6.07, 6.45) is 1.62. The van der Waals surface area contributed by atoms with Crippen molar-refractivity contribution in [2.45, 2.75) is 30.5 Å². The Hall–Kier alpha value is -1.55. The Morgan fingerprint density at radius 2 is 2.12 bits per heavy atom. The summed E-state index contributed by atoms with van der Waals surface area (Å²) in [6.45, 7) is 4.19. The summed E-state index contributed by atoms with van der Waals surface area (Å²) < 4.78 is 35.1. The van der Waals surface area contributed by atoms with Gasteiger partial charge in [-0.1, -0.05) is 11.3 Å². The molecule has 140 valence electrons. The van der Waals surface area contributed by atoms with Gasteiger partial charge in [-0.25, -0.2) is 13.1 Å². The molecule has 0 saturated carbocycles. The molecule has 2 heterocycles. The fourth-order valence-corrected chi connectivity index (χ4v) is 5.64. The van der Waals surface area contributed by atoms with E-state index in [0.717, 1.165) is 22.6 Å². The standard InChI is InChI=1S/C17H20N2O4S3/c1-12(2)19-15-6-5-14(10-16(15)25-17(19)20)26(21,22)18-7-9-24-11-13-4-3-8-23-13/h3-6,8,10,12,18H,7,9,11H2,1-2H3. The number of aromatic nitrogens is 1. The van der Waals surface area contributed by atoms with Gasteiger partial charge >= 0.3 is 4.87 Å². The first kappa shape index (κ1) is 19.2. The van der Waals surface area contributed by atoms with Gasteiger partial charge in [-0.2, -0.15) is 11.8 Å². The summed E-state index contributed by atoms with van der Waals surface area (Å²) in [5.74, 6) is 2.21. The lowest BCUT2D eigenvalue weighted by Gasteiger charge is -2.09. The van der Waals surface area contributed by atoms with E-state index in [1.54, 1.807) is 40.8 Å². The number of furan rings is 1. The van der Waals surface area contributed by atoms with E-state index in [1.165, 1.54) is 0 Å². The Kier molecular flexibility index (Phi) is 5.91. The van der Waals surface area contributed by atoms with Crippen LogP contribution in [0.1, 0.15) is 25.6 Å². The van der Waals surface area contributed by atoms with Crippen LogP contribution in [0.25, 0.3) is 10.2 Å². The fraction of sp³-hybridized carbons (Fsp3) is 0.353. The van der Waals surface area contributed by atoms with Crippen LogP contribution < -0.4 is 9.60 Å². The maximum Gasteiger partial charge on any atom is 0.308 e. The van der Waals surface area contributed by atoms with Crippen LogP contribution in [0.3, 0.4) is 0 Å². The molecule has 0 aliphatic carbocycles. The Labute approximate surface area is 160 Å². The van der Waals surface area contributed by atoms with E-state index in [-0.39, 0.29) is 15.8 Å². The average Bonchev–Trinajstić information content (AvgIpc) is 3.19. The predicted molar refractivity (Wildman–Crippen MR) is 107 cm³/mol. The normalized spacial score (nSPS) is 12.3. The number of benzene rings is 1. The van der Waals surface area contributed by atoms with E-state index < -0.39 is 10.0 Å². The van der Waals surface area contributed by atoms with Gasteiger partial charge in [0.2, 0.25) is 10.0 Å². The van der Waals surface area contributed by atoms with E-state index in [9.17, 15) is 13.2 Å². The lowest BCUT2D eigenvalue weighted by atomic mass is 10.3. The van der Waals surface area contributed by atoms with Crippen molar-refractivity contribution in [1.82, 2.24) is 9.29 Å². The molecule has 26 heavy (non-hydrogen) atoms. The summed E-state index contributed by atoms with van der Waals surface area (Å²) in [4.78, 5) is 12.2. The third kappa shape index (κ3) is 4.22. The topological polar surface area (TPSA) is 81.3 Å². The summed E-state index contributed by atoms with van der Waals surface area (Å²) in [6, 6.07) is 8.57. The molecule has 0 aliphatic heterocycles. The first-order valence-electron chi connectivity index (χ1n) is 8.13. The SMILES string of the molecule is CC(C)n1c(=O)sc2cc(S(=O)(=O)NCCSCc3ccco3)ccc21. The molecule has 2 aromatic heterocycles. The van der Waals surface area contributed by atoms with Gasteiger partial charge in [-0.3, -0.25) is 9.36 Å². The highest BCUT2D eigenvalue weighted by Gasteiger charge is 2.17. The predicted octanol–water partition coefficient (Wildman–Crippen LogP) is 3.45. The largest absolute Gasteiger partial charge is 0.468 e. The van der Waals surface area contributed by atoms with E-state index in [1.807, 2.05) is 26.0 Å². The van der Waals surface area contributed by atoms with Gasteiger partial charge in [-0.05, 0) is 44.2 Å². The van der Waals surface area contributed by atoms with Gasteiger partial charge in [0.15, 0.2) is 0 Å². The molecule has 3 rings (SSSR count). The first-order chi connectivity index (χ1) is 12.4. The minimum Gasteiger partial charge on any atom is -0.468 e. The van der Waals surface area contributed by atoms with Crippen LogP contribution in [-0.4, -0.2) is 25.3 Å². The van der Waals surface area contributed by atoms with Crippen LogP contribution >= 0.6 is 23.1 Å². The van der Waals surface area contributed by atoms with Gasteiger partial charge in [0.1, 0.15) is 5.76 Å². The number of nitrogens with one attached hydrogen (secondary N) is 1. The number of thiazole rings is 1. The molecule has 0 spiro atoms. The van der Waals surface area contributed by atoms with E-state index in [2.05, 4.69) is 4.72 Å². The molecule has 0 unspecified atom stereocenters. The van der Waals surface area contributed by atoms with E-state index in [0.29, 0.717) is 22.8 Å². The minimum absolute atomic E-state index is 0.0306. The molecule has 1 aromatic carbocycles. The molecule has 3 aromatic rings. The molecule has 0 amide bonds. The number of hydrogen-bond acceptors (Lipinski definition) is 6. The number of thioether (sulfide) groups is 1. The second-order valence-electron chi connectivity index (χ2n) is 5.99. The number of fused-ring (bicyclic) bond motifs is 1. The van der Waals surface area contributed by atoms with Crippen molar-refractivity contribution in [2.75, 3.05) is 12.3 Å². The van der Waals surface area contributed by atoms with E-state index >= 15 is 0 Å². The van der Waals surface area contributed by atoms with Crippen molar-refractivity contribution in [2.24, 2.45) is 0 Å². The molecular weight excluding hydrogens is 392 g/mol. The summed E-state index contributed by atoms with van der Waals surface area (Å²) in [5, 5.41) is 0. The number of sulfonamides is 1. The molecular formula is C17H20N2O4S3. The monoisotopic (exact) mass is 412 g/mol. The smallest absolute Gasteiger partial charge is 0.308 e. The van der Waals surface area contributed by atoms with Gasteiger partial charge in [0.05, 0.1) is 27.1 Å². The Balaban J connectivity index is 1.66. The summed E-state index contributed by atoms with van der Waals surface area (Å²) >= 11 is 2.66. The molecule has 0 saturated heterocycles. The van der Waals surface area contributed by atoms with Gasteiger partial charge < -0.3 is 4.42 Å². The van der Waals surface area contributed by atoms with Crippen molar-refractivity contribution >= 4 is 43.3 Å². The van der Waals surface area contributed by atoms with Gasteiger partial charge in [0, 0.05) is 18.3 Å². The molecule has 0 aliphatic rings. The number of nitrogens with zero attached hydrogens (tertiary/aromatic N) is 1. The lowest BCUT2D eigenvalue weighted by Crippen LogP contribution is -2.26. The van der Waals surface area contributed by atoms with Crippen LogP contribution in [-0.2, 0) is 15.8 Å². The Bertz CT molecular complexity index is 1030. The third-order valence-corrected chi connectivity index (χ3v) is 7.13. The molecule has 9 heteroatoms. The highest BCUT2D eigenvalue weighted by atomic mass is 32.2. The molecule has 0 atom stereocenters. The van der Waals surface area contributed by atoms with Crippen molar-refractivity contribution in [3.8, 4) is 0 Å². The number of hydrogen-bond donors (Lipinski definition) is 1. The maximum atomic E-state index is 12.5. The molecule has 0 radical (unpaired) electrons. The second-order valence-corrected chi connectivity index (χ2v) is 9.86. The van der Waals surface area contributed by atoms with Crippen LogP contribution in [0, 0.1) is 0 Å². The quantitative estimate of drug-likeness (QED) is 0.573. The van der Waals surface area contributed by atoms with Crippen LogP contribution in [0.15, 0.2) is 50.7 Å². The lowest BCUT2D eigenvalue weighted by molar-refractivity contribution is 0.530. The minimum atomic E-state index is -3.60. The molecule has 6 nitrogen and oxygen atoms in total. The third-order valence-electron chi connectivity index (χ3n) is 3.77. The zero-order valence-corrected chi connectivity index (χ0v) is 16.9. The van der Waals surface area contributed by atoms with Crippen LogP contribution in [0.2, 0.25) is 0 Å². The van der Waals surface area contributed by atoms with Gasteiger partial charge in [0.25, 0.3) is 0 Å². The summed E-state index contributed by atoms with van der Waals surface area (Å²) in [5.41, 5.74) is 0.767. The molecule has 1 N–H and O–H groups in total. The molecule has 0 fully saturated rings. The Morgan fingerprint density at radius 3 is 2.81 bits per heavy atom. The fourth-order valence-electron chi connectivity index (χ4n) is 2.57. The highest BCUT2D eigenvalue weighted by molar-refractivity contribution is 7.98. The van der Waals surface area contributed by atoms with Crippen LogP contribution in [0.4, 0.5) is 0 Å². The maximum absolute atomic E-state index is 12.5. The van der Waals surface area contributed by atoms with Crippen molar-refractivity contribution in [3.63, 3.8) is 0 Å². The number of rotatable bonds is 8. The van der Waals surface area contributed by atoms with E-state index in [4.69, 9.17) is 4.42 Å². The van der Waals surface area contributed by atoms with Crippen LogP contribution in [0.5, 0.6) is 0 Å². The first-order valence-corrected chi connectivity index (χ1v) is 11.6. The zero-order chi connectivity index (χ0) is 18.7.